The zero-order valence-electron chi connectivity index (χ0n) is 8.96. The standard InChI is InChI=1S/C13H10N2OSe/c14-9-5-7-10(8-6-9)15-13(16)11-3-1-2-4-12(11)17-15/h1-8H,14H2. The van der Waals surface area contributed by atoms with Crippen LogP contribution in [0.2, 0.25) is 0 Å². The summed E-state index contributed by atoms with van der Waals surface area (Å²) < 4.78 is 2.97. The Labute approximate surface area is 104 Å². The molecule has 2 N–H and O–H groups in total. The summed E-state index contributed by atoms with van der Waals surface area (Å²) >= 11 is 0.0315. The van der Waals surface area contributed by atoms with Crippen LogP contribution in [-0.2, 0) is 0 Å². The number of hydrogen-bond donors (Lipinski definition) is 1. The van der Waals surface area contributed by atoms with Crippen molar-refractivity contribution in [2.75, 3.05) is 5.73 Å². The number of nitrogen functional groups attached to an aromatic ring is 1. The molecular weight excluding hydrogens is 279 g/mol. The molecule has 1 aromatic heterocycles. The third-order valence-electron chi connectivity index (χ3n) is 2.62. The quantitative estimate of drug-likeness (QED) is 0.547. The number of rotatable bonds is 1. The van der Waals surface area contributed by atoms with Crippen LogP contribution >= 0.6 is 0 Å². The summed E-state index contributed by atoms with van der Waals surface area (Å²) in [5.74, 6) is 0. The van der Waals surface area contributed by atoms with Crippen LogP contribution in [-0.4, -0.2) is 18.3 Å². The Morgan fingerprint density at radius 1 is 1.00 bits per heavy atom. The first-order chi connectivity index (χ1) is 8.25. The van der Waals surface area contributed by atoms with Gasteiger partial charge in [0.05, 0.1) is 0 Å². The molecule has 0 saturated heterocycles. The molecule has 3 rings (SSSR count). The first kappa shape index (κ1) is 10.4. The Hall–Kier alpha value is -1.77. The molecule has 3 nitrogen and oxygen atoms in total. The SMILES string of the molecule is Nc1ccc(-n2[se]c3ccccc3c2=O)cc1. The molecule has 0 aliphatic rings. The third-order valence-corrected chi connectivity index (χ3v) is 4.95. The van der Waals surface area contributed by atoms with Crippen molar-refractivity contribution in [3.05, 3.63) is 58.9 Å². The summed E-state index contributed by atoms with van der Waals surface area (Å²) in [6, 6.07) is 15.2. The van der Waals surface area contributed by atoms with Crippen molar-refractivity contribution < 1.29 is 0 Å². The van der Waals surface area contributed by atoms with E-state index in [1.165, 1.54) is 0 Å². The zero-order valence-corrected chi connectivity index (χ0v) is 10.7. The molecule has 0 unspecified atom stereocenters. The minimum absolute atomic E-state index is 0.0315. The predicted octanol–water partition coefficient (Wildman–Crippen LogP) is 1.63. The van der Waals surface area contributed by atoms with Gasteiger partial charge in [-0.3, -0.25) is 0 Å². The molecule has 17 heavy (non-hydrogen) atoms. The maximum atomic E-state index is 12.2. The number of nitrogens with two attached hydrogens (primary N) is 1. The molecule has 4 heteroatoms. The van der Waals surface area contributed by atoms with Gasteiger partial charge in [0.15, 0.2) is 0 Å². The average Bonchev–Trinajstić information content (AvgIpc) is 2.69. The van der Waals surface area contributed by atoms with E-state index >= 15 is 0 Å². The molecule has 0 atom stereocenters. The molecule has 0 amide bonds. The van der Waals surface area contributed by atoms with Crippen LogP contribution in [0.15, 0.2) is 53.3 Å². The van der Waals surface area contributed by atoms with Crippen molar-refractivity contribution in [2.24, 2.45) is 0 Å². The number of nitrogens with zero attached hydrogens (tertiary/aromatic N) is 1. The van der Waals surface area contributed by atoms with Crippen LogP contribution in [0.25, 0.3) is 15.3 Å². The first-order valence-corrected chi connectivity index (χ1v) is 6.85. The molecule has 0 aliphatic heterocycles. The molecule has 0 bridgehead atoms. The van der Waals surface area contributed by atoms with Crippen LogP contribution < -0.4 is 11.3 Å². The van der Waals surface area contributed by atoms with Gasteiger partial charge in [-0.05, 0) is 0 Å². The summed E-state index contributed by atoms with van der Waals surface area (Å²) in [5.41, 5.74) is 7.36. The molecule has 0 saturated carbocycles. The molecule has 1 heterocycles. The van der Waals surface area contributed by atoms with Crippen LogP contribution in [0, 0.1) is 0 Å². The van der Waals surface area contributed by atoms with Crippen LogP contribution in [0.5, 0.6) is 0 Å². The fraction of sp³-hybridized carbons (Fsp3) is 0. The second kappa shape index (κ2) is 3.91. The van der Waals surface area contributed by atoms with Gasteiger partial charge in [0.2, 0.25) is 0 Å². The topological polar surface area (TPSA) is 48.0 Å². The second-order valence-electron chi connectivity index (χ2n) is 3.78. The Balaban J connectivity index is 2.27. The van der Waals surface area contributed by atoms with Crippen molar-refractivity contribution in [2.45, 2.75) is 0 Å². The summed E-state index contributed by atoms with van der Waals surface area (Å²) in [4.78, 5) is 12.2. The van der Waals surface area contributed by atoms with Gasteiger partial charge in [0, 0.05) is 0 Å². The van der Waals surface area contributed by atoms with E-state index in [9.17, 15) is 4.79 Å². The van der Waals surface area contributed by atoms with Gasteiger partial charge in [0.25, 0.3) is 0 Å². The van der Waals surface area contributed by atoms with Crippen molar-refractivity contribution >= 4 is 30.1 Å². The summed E-state index contributed by atoms with van der Waals surface area (Å²) in [6.45, 7) is 0. The van der Waals surface area contributed by atoms with E-state index < -0.39 is 0 Å². The molecule has 84 valence electrons. The Morgan fingerprint density at radius 3 is 2.41 bits per heavy atom. The molecule has 3 aromatic rings. The summed E-state index contributed by atoms with van der Waals surface area (Å²) in [5, 5.41) is 0.823. The van der Waals surface area contributed by atoms with Gasteiger partial charge >= 0.3 is 104 Å². The molecule has 0 spiro atoms. The molecular formula is C13H10N2OSe. The average molecular weight is 289 g/mol. The predicted molar refractivity (Wildman–Crippen MR) is 70.9 cm³/mol. The number of aromatic nitrogens is 1. The van der Waals surface area contributed by atoms with Crippen molar-refractivity contribution in [1.29, 1.82) is 0 Å². The van der Waals surface area contributed by atoms with Gasteiger partial charge in [-0.2, -0.15) is 0 Å². The Morgan fingerprint density at radius 2 is 1.71 bits per heavy atom. The third kappa shape index (κ3) is 1.71. The van der Waals surface area contributed by atoms with Crippen LogP contribution in [0.3, 0.4) is 0 Å². The number of hydrogen-bond acceptors (Lipinski definition) is 2. The van der Waals surface area contributed by atoms with E-state index in [0.717, 1.165) is 15.3 Å². The molecule has 0 aliphatic carbocycles. The zero-order chi connectivity index (χ0) is 11.8. The minimum atomic E-state index is 0.0315. The van der Waals surface area contributed by atoms with E-state index in [0.29, 0.717) is 5.69 Å². The Kier molecular flexibility index (Phi) is 2.39. The van der Waals surface area contributed by atoms with E-state index in [2.05, 4.69) is 0 Å². The van der Waals surface area contributed by atoms with Crippen molar-refractivity contribution in [3.8, 4) is 5.69 Å². The van der Waals surface area contributed by atoms with Gasteiger partial charge in [-0.1, -0.05) is 0 Å². The summed E-state index contributed by atoms with van der Waals surface area (Å²) in [6.07, 6.45) is 0. The van der Waals surface area contributed by atoms with E-state index in [4.69, 9.17) is 5.73 Å². The van der Waals surface area contributed by atoms with Gasteiger partial charge in [-0.15, -0.1) is 0 Å². The first-order valence-electron chi connectivity index (χ1n) is 5.23. The van der Waals surface area contributed by atoms with E-state index in [1.807, 2.05) is 52.1 Å². The molecule has 0 fully saturated rings. The van der Waals surface area contributed by atoms with E-state index in [1.54, 1.807) is 0 Å². The van der Waals surface area contributed by atoms with Crippen LogP contribution in [0.4, 0.5) is 5.69 Å². The second-order valence-corrected chi connectivity index (χ2v) is 5.85. The monoisotopic (exact) mass is 290 g/mol. The number of fused-ring (bicyclic) bond motifs is 1. The van der Waals surface area contributed by atoms with Gasteiger partial charge in [-0.25, -0.2) is 0 Å². The number of anilines is 1. The van der Waals surface area contributed by atoms with Crippen molar-refractivity contribution in [3.63, 3.8) is 0 Å². The van der Waals surface area contributed by atoms with Crippen molar-refractivity contribution in [1.82, 2.24) is 3.56 Å². The fourth-order valence-electron chi connectivity index (χ4n) is 1.75. The molecule has 2 aromatic carbocycles. The van der Waals surface area contributed by atoms with Crippen LogP contribution in [0.1, 0.15) is 0 Å². The Bertz CT molecular complexity index is 725. The van der Waals surface area contributed by atoms with E-state index in [-0.39, 0.29) is 20.3 Å². The van der Waals surface area contributed by atoms with Gasteiger partial charge in [0.1, 0.15) is 0 Å². The normalized spacial score (nSPS) is 10.8. The molecule has 0 radical (unpaired) electrons. The number of benzene rings is 2. The maximum absolute atomic E-state index is 12.2. The summed E-state index contributed by atoms with van der Waals surface area (Å²) in [7, 11) is 0. The van der Waals surface area contributed by atoms with Gasteiger partial charge < -0.3 is 0 Å². The fourth-order valence-corrected chi connectivity index (χ4v) is 3.85.